The third-order valence-electron chi connectivity index (χ3n) is 2.33. The SMILES string of the molecule is Cc1cc(CCN)nc(C(C)S(C)(=O)=O)n1. The van der Waals surface area contributed by atoms with E-state index in [1.807, 2.05) is 13.0 Å². The molecule has 0 aromatic carbocycles. The fraction of sp³-hybridized carbons (Fsp3) is 0.600. The molecule has 0 bridgehead atoms. The summed E-state index contributed by atoms with van der Waals surface area (Å²) in [5.74, 6) is 0.353. The van der Waals surface area contributed by atoms with Crippen LogP contribution in [0.3, 0.4) is 0 Å². The fourth-order valence-electron chi connectivity index (χ4n) is 1.31. The number of nitrogens with two attached hydrogens (primary N) is 1. The first-order valence-corrected chi connectivity index (χ1v) is 7.03. The van der Waals surface area contributed by atoms with Crippen molar-refractivity contribution in [3.8, 4) is 0 Å². The molecule has 0 saturated heterocycles. The second kappa shape index (κ2) is 4.88. The molecule has 0 aliphatic heterocycles. The predicted octanol–water partition coefficient (Wildman–Crippen LogP) is 0.392. The Morgan fingerprint density at radius 3 is 2.56 bits per heavy atom. The van der Waals surface area contributed by atoms with E-state index < -0.39 is 15.1 Å². The third-order valence-corrected chi connectivity index (χ3v) is 3.83. The van der Waals surface area contributed by atoms with E-state index in [1.165, 1.54) is 6.26 Å². The smallest absolute Gasteiger partial charge is 0.157 e. The molecule has 1 heterocycles. The second-order valence-corrected chi connectivity index (χ2v) is 6.24. The van der Waals surface area contributed by atoms with Gasteiger partial charge in [0.15, 0.2) is 9.84 Å². The molecular weight excluding hydrogens is 226 g/mol. The largest absolute Gasteiger partial charge is 0.330 e. The van der Waals surface area contributed by atoms with Crippen LogP contribution in [-0.2, 0) is 16.3 Å². The van der Waals surface area contributed by atoms with Gasteiger partial charge in [0.1, 0.15) is 11.1 Å². The molecular formula is C10H17N3O2S. The molecule has 2 N–H and O–H groups in total. The van der Waals surface area contributed by atoms with Gasteiger partial charge >= 0.3 is 0 Å². The van der Waals surface area contributed by atoms with Crippen molar-refractivity contribution in [2.45, 2.75) is 25.5 Å². The number of hydrogen-bond acceptors (Lipinski definition) is 5. The van der Waals surface area contributed by atoms with Crippen molar-refractivity contribution in [3.63, 3.8) is 0 Å². The molecule has 6 heteroatoms. The van der Waals surface area contributed by atoms with Crippen molar-refractivity contribution < 1.29 is 8.42 Å². The topological polar surface area (TPSA) is 85.9 Å². The first-order chi connectivity index (χ1) is 7.34. The van der Waals surface area contributed by atoms with Crippen LogP contribution < -0.4 is 5.73 Å². The highest BCUT2D eigenvalue weighted by atomic mass is 32.2. The molecule has 0 fully saturated rings. The van der Waals surface area contributed by atoms with Crippen molar-refractivity contribution in [2.24, 2.45) is 5.73 Å². The monoisotopic (exact) mass is 243 g/mol. The lowest BCUT2D eigenvalue weighted by Crippen LogP contribution is -2.14. The van der Waals surface area contributed by atoms with Gasteiger partial charge in [-0.1, -0.05) is 0 Å². The lowest BCUT2D eigenvalue weighted by Gasteiger charge is -2.10. The Morgan fingerprint density at radius 1 is 1.44 bits per heavy atom. The summed E-state index contributed by atoms with van der Waals surface area (Å²) < 4.78 is 22.8. The van der Waals surface area contributed by atoms with Gasteiger partial charge in [0.25, 0.3) is 0 Å². The van der Waals surface area contributed by atoms with Crippen LogP contribution in [0.4, 0.5) is 0 Å². The van der Waals surface area contributed by atoms with Gasteiger partial charge in [0.05, 0.1) is 0 Å². The highest BCUT2D eigenvalue weighted by molar-refractivity contribution is 7.90. The number of sulfone groups is 1. The maximum atomic E-state index is 11.4. The summed E-state index contributed by atoms with van der Waals surface area (Å²) in [6.45, 7) is 3.90. The maximum Gasteiger partial charge on any atom is 0.157 e. The van der Waals surface area contributed by atoms with Crippen molar-refractivity contribution in [1.29, 1.82) is 0 Å². The minimum absolute atomic E-state index is 0.353. The molecule has 0 amide bonds. The first-order valence-electron chi connectivity index (χ1n) is 5.08. The van der Waals surface area contributed by atoms with E-state index in [0.29, 0.717) is 18.8 Å². The Kier molecular flexibility index (Phi) is 3.98. The van der Waals surface area contributed by atoms with Crippen molar-refractivity contribution >= 4 is 9.84 Å². The summed E-state index contributed by atoms with van der Waals surface area (Å²) in [5.41, 5.74) is 7.00. The molecule has 1 aromatic rings. The zero-order chi connectivity index (χ0) is 12.3. The van der Waals surface area contributed by atoms with E-state index in [9.17, 15) is 8.42 Å². The van der Waals surface area contributed by atoms with Crippen LogP contribution in [0.15, 0.2) is 6.07 Å². The van der Waals surface area contributed by atoms with E-state index in [2.05, 4.69) is 9.97 Å². The zero-order valence-corrected chi connectivity index (χ0v) is 10.6. The normalized spacial score (nSPS) is 13.8. The van der Waals surface area contributed by atoms with E-state index in [4.69, 9.17) is 5.73 Å². The van der Waals surface area contributed by atoms with Crippen LogP contribution in [-0.4, -0.2) is 31.2 Å². The predicted molar refractivity (Wildman–Crippen MR) is 62.8 cm³/mol. The Balaban J connectivity index is 3.14. The number of aromatic nitrogens is 2. The van der Waals surface area contributed by atoms with Gasteiger partial charge in [-0.2, -0.15) is 0 Å². The Bertz CT molecular complexity index is 471. The molecule has 5 nitrogen and oxygen atoms in total. The Morgan fingerprint density at radius 2 is 2.06 bits per heavy atom. The molecule has 0 saturated carbocycles. The number of rotatable bonds is 4. The molecule has 90 valence electrons. The minimum atomic E-state index is -3.16. The molecule has 1 aromatic heterocycles. The van der Waals surface area contributed by atoms with Gasteiger partial charge in [-0.15, -0.1) is 0 Å². The zero-order valence-electron chi connectivity index (χ0n) is 9.77. The van der Waals surface area contributed by atoms with Crippen LogP contribution in [0.2, 0.25) is 0 Å². The van der Waals surface area contributed by atoms with Gasteiger partial charge in [0.2, 0.25) is 0 Å². The van der Waals surface area contributed by atoms with Crippen molar-refractivity contribution in [3.05, 3.63) is 23.3 Å². The lowest BCUT2D eigenvalue weighted by atomic mass is 10.2. The molecule has 0 aliphatic rings. The number of aryl methyl sites for hydroxylation is 1. The van der Waals surface area contributed by atoms with E-state index >= 15 is 0 Å². The van der Waals surface area contributed by atoms with E-state index in [0.717, 1.165) is 11.4 Å². The van der Waals surface area contributed by atoms with Gasteiger partial charge in [-0.25, -0.2) is 18.4 Å². The molecule has 0 aliphatic carbocycles. The van der Waals surface area contributed by atoms with Gasteiger partial charge in [-0.05, 0) is 26.5 Å². The Labute approximate surface area is 96.0 Å². The molecule has 1 rings (SSSR count). The van der Waals surface area contributed by atoms with Crippen LogP contribution in [0.1, 0.15) is 29.4 Å². The van der Waals surface area contributed by atoms with Crippen LogP contribution >= 0.6 is 0 Å². The van der Waals surface area contributed by atoms with E-state index in [1.54, 1.807) is 6.92 Å². The fourth-order valence-corrected chi connectivity index (χ4v) is 1.80. The Hall–Kier alpha value is -1.01. The molecule has 0 spiro atoms. The lowest BCUT2D eigenvalue weighted by molar-refractivity contribution is 0.588. The summed E-state index contributed by atoms with van der Waals surface area (Å²) in [4.78, 5) is 8.37. The van der Waals surface area contributed by atoms with Crippen LogP contribution in [0.25, 0.3) is 0 Å². The summed E-state index contributed by atoms with van der Waals surface area (Å²) >= 11 is 0. The number of hydrogen-bond donors (Lipinski definition) is 1. The quantitative estimate of drug-likeness (QED) is 0.826. The standard InChI is InChI=1S/C10H17N3O2S/c1-7-6-9(4-5-11)13-10(12-7)8(2)16(3,14)15/h6,8H,4-5,11H2,1-3H3. The van der Waals surface area contributed by atoms with Crippen LogP contribution in [0, 0.1) is 6.92 Å². The average molecular weight is 243 g/mol. The van der Waals surface area contributed by atoms with Crippen molar-refractivity contribution in [2.75, 3.05) is 12.8 Å². The maximum absolute atomic E-state index is 11.4. The van der Waals surface area contributed by atoms with Gasteiger partial charge in [-0.3, -0.25) is 0 Å². The molecule has 1 atom stereocenters. The third kappa shape index (κ3) is 3.24. The molecule has 16 heavy (non-hydrogen) atoms. The highest BCUT2D eigenvalue weighted by Crippen LogP contribution is 2.17. The second-order valence-electron chi connectivity index (χ2n) is 3.87. The number of nitrogens with zero attached hydrogens (tertiary/aromatic N) is 2. The van der Waals surface area contributed by atoms with Crippen LogP contribution in [0.5, 0.6) is 0 Å². The summed E-state index contributed by atoms with van der Waals surface area (Å²) in [6.07, 6.45) is 1.82. The first kappa shape index (κ1) is 13.1. The van der Waals surface area contributed by atoms with Gasteiger partial charge in [0, 0.05) is 24.1 Å². The summed E-state index contributed by atoms with van der Waals surface area (Å²) in [5, 5.41) is -0.677. The summed E-state index contributed by atoms with van der Waals surface area (Å²) in [7, 11) is -3.16. The van der Waals surface area contributed by atoms with Gasteiger partial charge < -0.3 is 5.73 Å². The minimum Gasteiger partial charge on any atom is -0.330 e. The van der Waals surface area contributed by atoms with E-state index in [-0.39, 0.29) is 0 Å². The van der Waals surface area contributed by atoms with Crippen molar-refractivity contribution in [1.82, 2.24) is 9.97 Å². The highest BCUT2D eigenvalue weighted by Gasteiger charge is 2.20. The summed E-state index contributed by atoms with van der Waals surface area (Å²) in [6, 6.07) is 1.82. The molecule has 0 radical (unpaired) electrons. The molecule has 1 unspecified atom stereocenters. The average Bonchev–Trinajstić information content (AvgIpc) is 2.14.